The molecule has 12 heteroatoms. The highest BCUT2D eigenvalue weighted by Gasteiger charge is 2.31. The number of carboxylic acid groups (broad SMARTS) is 1. The molecule has 0 rings (SSSR count). The Morgan fingerprint density at radius 2 is 1.55 bits per heavy atom. The molecule has 0 saturated carbocycles. The Morgan fingerprint density at radius 1 is 0.966 bits per heavy atom. The number of amides is 3. The number of carbonyl (C=O) groups is 4. The number of carboxylic acids is 1. The van der Waals surface area contributed by atoms with E-state index in [4.69, 9.17) is 11.5 Å². The quantitative estimate of drug-likeness (QED) is 0.109. The van der Waals surface area contributed by atoms with Gasteiger partial charge in [0.15, 0.2) is 0 Å². The summed E-state index contributed by atoms with van der Waals surface area (Å²) in [6.45, 7) is 3.02. The number of nitrogens with one attached hydrogen (secondary N) is 3. The number of rotatable bonds is 14. The molecular weight excluding hydrogens is 402 g/mol. The monoisotopic (exact) mass is 435 g/mol. The minimum atomic E-state index is -1.38. The number of aliphatic hydroxyl groups is 1. The third-order valence-electron chi connectivity index (χ3n) is 4.16. The van der Waals surface area contributed by atoms with Gasteiger partial charge in [0.25, 0.3) is 0 Å². The summed E-state index contributed by atoms with van der Waals surface area (Å²) in [6, 6.07) is -4.46. The first-order valence-corrected chi connectivity index (χ1v) is 10.0. The maximum Gasteiger partial charge on any atom is 0.326 e. The molecule has 168 valence electrons. The van der Waals surface area contributed by atoms with Gasteiger partial charge in [0, 0.05) is 5.75 Å². The van der Waals surface area contributed by atoms with Crippen molar-refractivity contribution in [3.05, 3.63) is 0 Å². The molecule has 0 aromatic carbocycles. The maximum absolute atomic E-state index is 12.5. The first kappa shape index (κ1) is 27.1. The van der Waals surface area contributed by atoms with Crippen LogP contribution in [0.1, 0.15) is 33.1 Å². The summed E-state index contributed by atoms with van der Waals surface area (Å²) < 4.78 is 0. The Hall–Kier alpha value is -1.89. The Labute approximate surface area is 175 Å². The van der Waals surface area contributed by atoms with Gasteiger partial charge in [-0.3, -0.25) is 14.4 Å². The van der Waals surface area contributed by atoms with Crippen LogP contribution in [-0.2, 0) is 19.2 Å². The van der Waals surface area contributed by atoms with Gasteiger partial charge in [-0.15, -0.1) is 0 Å². The van der Waals surface area contributed by atoms with E-state index in [2.05, 4.69) is 28.6 Å². The van der Waals surface area contributed by atoms with Crippen LogP contribution in [0.25, 0.3) is 0 Å². The minimum Gasteiger partial charge on any atom is -0.480 e. The smallest absolute Gasteiger partial charge is 0.326 e. The highest BCUT2D eigenvalue weighted by Crippen LogP contribution is 2.05. The number of hydrogen-bond acceptors (Lipinski definition) is 8. The van der Waals surface area contributed by atoms with Crippen LogP contribution in [0.3, 0.4) is 0 Å². The number of thiol groups is 1. The zero-order chi connectivity index (χ0) is 22.6. The zero-order valence-corrected chi connectivity index (χ0v) is 17.7. The number of hydrogen-bond donors (Lipinski definition) is 8. The van der Waals surface area contributed by atoms with Gasteiger partial charge in [-0.1, -0.05) is 13.8 Å². The average molecular weight is 436 g/mol. The van der Waals surface area contributed by atoms with Crippen molar-refractivity contribution in [2.24, 2.45) is 17.4 Å². The summed E-state index contributed by atoms with van der Waals surface area (Å²) in [5.41, 5.74) is 11.0. The molecule has 0 aliphatic rings. The van der Waals surface area contributed by atoms with Crippen molar-refractivity contribution >= 4 is 36.3 Å². The average Bonchev–Trinajstić information content (AvgIpc) is 2.67. The van der Waals surface area contributed by atoms with E-state index in [0.717, 1.165) is 0 Å². The number of aliphatic hydroxyl groups excluding tert-OH is 1. The second-order valence-corrected chi connectivity index (χ2v) is 7.31. The fourth-order valence-corrected chi connectivity index (χ4v) is 2.52. The van der Waals surface area contributed by atoms with Crippen molar-refractivity contribution in [3.8, 4) is 0 Å². The van der Waals surface area contributed by atoms with Gasteiger partial charge in [-0.25, -0.2) is 4.79 Å². The lowest BCUT2D eigenvalue weighted by Gasteiger charge is -2.26. The SMILES string of the molecule is CC(C)C(NC(=O)C(N)CS)C(=O)NC(CO)C(=O)NC(CCCCN)C(=O)O. The standard InChI is InChI=1S/C17H33N5O6S/c1-9(2)13(22-14(24)10(19)8-29)16(26)21-12(7-23)15(25)20-11(17(27)28)5-3-4-6-18/h9-13,23,29H,3-8,18-19H2,1-2H3,(H,20,25)(H,21,26)(H,22,24)(H,27,28). The number of nitrogens with two attached hydrogens (primary N) is 2. The summed E-state index contributed by atoms with van der Waals surface area (Å²) in [5, 5.41) is 25.8. The predicted octanol–water partition coefficient (Wildman–Crippen LogP) is -2.44. The van der Waals surface area contributed by atoms with Crippen molar-refractivity contribution in [1.29, 1.82) is 0 Å². The topological polar surface area (TPSA) is 197 Å². The second-order valence-electron chi connectivity index (χ2n) is 6.95. The molecule has 3 amide bonds. The molecule has 4 atom stereocenters. The van der Waals surface area contributed by atoms with Crippen LogP contribution in [0, 0.1) is 5.92 Å². The Bertz CT molecular complexity index is 562. The molecule has 0 bridgehead atoms. The van der Waals surface area contributed by atoms with Gasteiger partial charge in [-0.05, 0) is 31.7 Å². The van der Waals surface area contributed by atoms with Crippen LogP contribution in [0.5, 0.6) is 0 Å². The summed E-state index contributed by atoms with van der Waals surface area (Å²) >= 11 is 3.93. The molecule has 9 N–H and O–H groups in total. The van der Waals surface area contributed by atoms with E-state index in [9.17, 15) is 29.4 Å². The molecule has 0 aromatic rings. The normalized spacial score (nSPS) is 15.1. The van der Waals surface area contributed by atoms with Crippen LogP contribution < -0.4 is 27.4 Å². The van der Waals surface area contributed by atoms with Crippen molar-refractivity contribution in [1.82, 2.24) is 16.0 Å². The fraction of sp³-hybridized carbons (Fsp3) is 0.765. The van der Waals surface area contributed by atoms with Gasteiger partial charge >= 0.3 is 5.97 Å². The van der Waals surface area contributed by atoms with E-state index in [1.54, 1.807) is 13.8 Å². The second kappa shape index (κ2) is 14.1. The van der Waals surface area contributed by atoms with Crippen LogP contribution in [-0.4, -0.2) is 77.0 Å². The number of unbranched alkanes of at least 4 members (excludes halogenated alkanes) is 1. The summed E-state index contributed by atoms with van der Waals surface area (Å²) in [7, 11) is 0. The fourth-order valence-electron chi connectivity index (χ4n) is 2.36. The first-order valence-electron chi connectivity index (χ1n) is 9.40. The molecule has 11 nitrogen and oxygen atoms in total. The first-order chi connectivity index (χ1) is 13.6. The van der Waals surface area contributed by atoms with Gasteiger partial charge in [0.1, 0.15) is 18.1 Å². The Kier molecular flexibility index (Phi) is 13.2. The van der Waals surface area contributed by atoms with E-state index in [-0.39, 0.29) is 18.1 Å². The van der Waals surface area contributed by atoms with E-state index in [1.807, 2.05) is 0 Å². The van der Waals surface area contributed by atoms with E-state index in [0.29, 0.717) is 19.4 Å². The molecule has 0 saturated heterocycles. The van der Waals surface area contributed by atoms with Crippen LogP contribution >= 0.6 is 12.6 Å². The molecule has 0 radical (unpaired) electrons. The van der Waals surface area contributed by atoms with Crippen LogP contribution in [0.4, 0.5) is 0 Å². The Morgan fingerprint density at radius 3 is 2.00 bits per heavy atom. The molecular formula is C17H33N5O6S. The molecule has 0 aliphatic heterocycles. The minimum absolute atomic E-state index is 0.0840. The molecule has 29 heavy (non-hydrogen) atoms. The van der Waals surface area contributed by atoms with Crippen molar-refractivity contribution < 1.29 is 29.4 Å². The highest BCUT2D eigenvalue weighted by atomic mass is 32.1. The molecule has 0 fully saturated rings. The number of carbonyl (C=O) groups excluding carboxylic acids is 3. The Balaban J connectivity index is 5.05. The largest absolute Gasteiger partial charge is 0.480 e. The van der Waals surface area contributed by atoms with Crippen molar-refractivity contribution in [2.75, 3.05) is 18.9 Å². The van der Waals surface area contributed by atoms with Crippen LogP contribution in [0.15, 0.2) is 0 Å². The third-order valence-corrected chi connectivity index (χ3v) is 4.55. The van der Waals surface area contributed by atoms with E-state index >= 15 is 0 Å². The zero-order valence-electron chi connectivity index (χ0n) is 16.8. The molecule has 0 spiro atoms. The lowest BCUT2D eigenvalue weighted by molar-refractivity contribution is -0.142. The summed E-state index contributed by atoms with van der Waals surface area (Å²) in [4.78, 5) is 48.1. The number of aliphatic carboxylic acids is 1. The molecule has 0 aromatic heterocycles. The molecule has 0 aliphatic carbocycles. The summed E-state index contributed by atoms with van der Waals surface area (Å²) in [6.07, 6.45) is 1.26. The van der Waals surface area contributed by atoms with Gasteiger partial charge in [0.05, 0.1) is 12.6 Å². The molecule has 4 unspecified atom stereocenters. The van der Waals surface area contributed by atoms with Gasteiger partial charge < -0.3 is 37.6 Å². The third kappa shape index (κ3) is 9.92. The van der Waals surface area contributed by atoms with E-state index < -0.39 is 54.5 Å². The molecule has 0 heterocycles. The maximum atomic E-state index is 12.5. The van der Waals surface area contributed by atoms with Gasteiger partial charge in [0.2, 0.25) is 17.7 Å². The summed E-state index contributed by atoms with van der Waals surface area (Å²) in [5.74, 6) is -3.61. The lowest BCUT2D eigenvalue weighted by Crippen LogP contribution is -2.59. The van der Waals surface area contributed by atoms with Crippen LogP contribution in [0.2, 0.25) is 0 Å². The predicted molar refractivity (Wildman–Crippen MR) is 110 cm³/mol. The van der Waals surface area contributed by atoms with Crippen molar-refractivity contribution in [3.63, 3.8) is 0 Å². The van der Waals surface area contributed by atoms with Crippen molar-refractivity contribution in [2.45, 2.75) is 57.3 Å². The lowest BCUT2D eigenvalue weighted by atomic mass is 10.0. The van der Waals surface area contributed by atoms with E-state index in [1.165, 1.54) is 0 Å². The highest BCUT2D eigenvalue weighted by molar-refractivity contribution is 7.80. The van der Waals surface area contributed by atoms with Gasteiger partial charge in [-0.2, -0.15) is 12.6 Å².